The van der Waals surface area contributed by atoms with Crippen molar-refractivity contribution in [3.63, 3.8) is 0 Å². The second kappa shape index (κ2) is 6.92. The second-order valence-corrected chi connectivity index (χ2v) is 7.14. The van der Waals surface area contributed by atoms with Gasteiger partial charge in [-0.1, -0.05) is 18.2 Å². The monoisotopic (exact) mass is 351 g/mol. The van der Waals surface area contributed by atoms with Crippen molar-refractivity contribution in [1.29, 1.82) is 0 Å². The molecule has 0 radical (unpaired) electrons. The summed E-state index contributed by atoms with van der Waals surface area (Å²) in [6.45, 7) is 9.04. The number of hydrogen-bond donors (Lipinski definition) is 1. The number of hydrogen-bond acceptors (Lipinski definition) is 3. The number of benzene rings is 1. The van der Waals surface area contributed by atoms with Crippen LogP contribution in [0.15, 0.2) is 51.8 Å². The quantitative estimate of drug-likeness (QED) is 0.720. The Morgan fingerprint density at radius 1 is 1.15 bits per heavy atom. The number of anilines is 1. The van der Waals surface area contributed by atoms with Gasteiger partial charge >= 0.3 is 5.63 Å². The molecule has 1 fully saturated rings. The van der Waals surface area contributed by atoms with Crippen LogP contribution in [0.3, 0.4) is 0 Å². The molecule has 26 heavy (non-hydrogen) atoms. The lowest BCUT2D eigenvalue weighted by Crippen LogP contribution is -3.13. The molecule has 5 heteroatoms. The Balaban J connectivity index is 1.54. The van der Waals surface area contributed by atoms with E-state index < -0.39 is 0 Å². The van der Waals surface area contributed by atoms with E-state index in [4.69, 9.17) is 4.42 Å². The van der Waals surface area contributed by atoms with Crippen LogP contribution in [-0.4, -0.2) is 26.2 Å². The summed E-state index contributed by atoms with van der Waals surface area (Å²) in [5.41, 5.74) is 3.79. The summed E-state index contributed by atoms with van der Waals surface area (Å²) in [6.07, 6.45) is 1.97. The van der Waals surface area contributed by atoms with Gasteiger partial charge in [0.05, 0.1) is 6.20 Å². The fraction of sp³-hybridized carbons (Fsp3) is 0.333. The molecule has 0 saturated carbocycles. The highest BCUT2D eigenvalue weighted by Crippen LogP contribution is 2.22. The molecule has 1 aliphatic heterocycles. The Labute approximate surface area is 152 Å². The van der Waals surface area contributed by atoms with E-state index in [9.17, 15) is 4.79 Å². The van der Waals surface area contributed by atoms with E-state index in [0.29, 0.717) is 0 Å². The molecule has 0 unspecified atom stereocenters. The van der Waals surface area contributed by atoms with Crippen LogP contribution < -0.4 is 20.4 Å². The molecule has 0 spiro atoms. The van der Waals surface area contributed by atoms with Crippen LogP contribution in [0, 0.1) is 13.8 Å². The van der Waals surface area contributed by atoms with Crippen molar-refractivity contribution in [2.75, 3.05) is 31.1 Å². The zero-order valence-electron chi connectivity index (χ0n) is 15.3. The minimum absolute atomic E-state index is 0.252. The largest absolute Gasteiger partial charge is 0.422 e. The van der Waals surface area contributed by atoms with Gasteiger partial charge < -0.3 is 9.32 Å². The van der Waals surface area contributed by atoms with Gasteiger partial charge in [-0.15, -0.1) is 0 Å². The van der Waals surface area contributed by atoms with Crippen LogP contribution >= 0.6 is 0 Å². The highest BCUT2D eigenvalue weighted by molar-refractivity contribution is 5.83. The normalized spacial score (nSPS) is 15.5. The van der Waals surface area contributed by atoms with E-state index in [1.807, 2.05) is 26.1 Å². The highest BCUT2D eigenvalue weighted by Gasteiger charge is 2.26. The van der Waals surface area contributed by atoms with Crippen LogP contribution in [-0.2, 0) is 6.54 Å². The van der Waals surface area contributed by atoms with Gasteiger partial charge in [-0.3, -0.25) is 4.90 Å². The molecular formula is C21H25N3O2+2. The number of nitrogens with zero attached hydrogens (tertiary/aromatic N) is 1. The number of quaternary nitrogens is 1. The summed E-state index contributed by atoms with van der Waals surface area (Å²) in [5.74, 6) is 1.17. The third-order valence-electron chi connectivity index (χ3n) is 5.46. The van der Waals surface area contributed by atoms with Crippen molar-refractivity contribution in [2.45, 2.75) is 20.4 Å². The van der Waals surface area contributed by atoms with Gasteiger partial charge in [0.25, 0.3) is 5.82 Å². The Bertz CT molecular complexity index is 974. The number of H-pyrrole nitrogens is 1. The first kappa shape index (κ1) is 16.8. The fourth-order valence-electron chi connectivity index (χ4n) is 3.76. The molecular weight excluding hydrogens is 326 g/mol. The Morgan fingerprint density at radius 2 is 1.96 bits per heavy atom. The van der Waals surface area contributed by atoms with Crippen LogP contribution in [0.25, 0.3) is 11.0 Å². The smallest absolute Gasteiger partial charge is 0.336 e. The molecule has 0 atom stereocenters. The lowest BCUT2D eigenvalue weighted by molar-refractivity contribution is -0.914. The van der Waals surface area contributed by atoms with Gasteiger partial charge in [-0.05, 0) is 31.0 Å². The molecule has 5 nitrogen and oxygen atoms in total. The minimum Gasteiger partial charge on any atom is -0.422 e. The van der Waals surface area contributed by atoms with E-state index in [0.717, 1.165) is 60.4 Å². The first-order valence-electron chi connectivity index (χ1n) is 9.20. The minimum atomic E-state index is -0.252. The van der Waals surface area contributed by atoms with E-state index in [1.54, 1.807) is 6.07 Å². The molecule has 134 valence electrons. The SMILES string of the molecule is Cc1ccc2c(C[NH+]3CCN(c4cccc[nH+]4)CC3)cc(=O)oc2c1C. The highest BCUT2D eigenvalue weighted by atomic mass is 16.4. The van der Waals surface area contributed by atoms with Crippen molar-refractivity contribution in [3.05, 3.63) is 69.7 Å². The van der Waals surface area contributed by atoms with Crippen molar-refractivity contribution in [1.82, 2.24) is 0 Å². The summed E-state index contributed by atoms with van der Waals surface area (Å²) in [5, 5.41) is 1.07. The van der Waals surface area contributed by atoms with Crippen molar-refractivity contribution >= 4 is 16.8 Å². The maximum Gasteiger partial charge on any atom is 0.336 e. The Morgan fingerprint density at radius 3 is 2.69 bits per heavy atom. The summed E-state index contributed by atoms with van der Waals surface area (Å²) in [6, 6.07) is 12.0. The Hall–Kier alpha value is -2.66. The summed E-state index contributed by atoms with van der Waals surface area (Å²) < 4.78 is 5.50. The molecule has 2 aromatic heterocycles. The van der Waals surface area contributed by atoms with Crippen LogP contribution in [0.1, 0.15) is 16.7 Å². The first-order chi connectivity index (χ1) is 12.6. The average Bonchev–Trinajstić information content (AvgIpc) is 2.66. The molecule has 4 rings (SSSR count). The molecule has 0 aliphatic carbocycles. The van der Waals surface area contributed by atoms with Gasteiger partial charge in [-0.2, -0.15) is 0 Å². The maximum absolute atomic E-state index is 12.1. The number of aromatic nitrogens is 1. The molecule has 1 saturated heterocycles. The standard InChI is InChI=1S/C21H23N3O2/c1-15-6-7-18-17(13-20(25)26-21(18)16(15)2)14-23-9-11-24(12-10-23)19-5-3-4-8-22-19/h3-8,13H,9-12,14H2,1-2H3/p+2. The first-order valence-corrected chi connectivity index (χ1v) is 9.20. The van der Waals surface area contributed by atoms with Gasteiger partial charge in [-0.25, -0.2) is 9.78 Å². The lowest BCUT2D eigenvalue weighted by Gasteiger charge is -2.28. The molecule has 2 N–H and O–H groups in total. The summed E-state index contributed by atoms with van der Waals surface area (Å²) in [7, 11) is 0. The number of piperazine rings is 1. The van der Waals surface area contributed by atoms with Crippen LogP contribution in [0.2, 0.25) is 0 Å². The van der Waals surface area contributed by atoms with Crippen molar-refractivity contribution < 1.29 is 14.3 Å². The van der Waals surface area contributed by atoms with Crippen molar-refractivity contribution in [3.8, 4) is 0 Å². The Kier molecular flexibility index (Phi) is 4.47. The zero-order valence-corrected chi connectivity index (χ0v) is 15.3. The number of pyridine rings is 1. The number of aromatic amines is 1. The second-order valence-electron chi connectivity index (χ2n) is 7.14. The average molecular weight is 351 g/mol. The number of nitrogens with one attached hydrogen (secondary N) is 2. The van der Waals surface area contributed by atoms with Gasteiger partial charge in [0.15, 0.2) is 0 Å². The number of aryl methyl sites for hydroxylation is 2. The lowest BCUT2D eigenvalue weighted by atomic mass is 10.0. The predicted octanol–water partition coefficient (Wildman–Crippen LogP) is 1.13. The molecule has 1 aliphatic rings. The maximum atomic E-state index is 12.1. The third-order valence-corrected chi connectivity index (χ3v) is 5.46. The topological polar surface area (TPSA) is 52.0 Å². The van der Waals surface area contributed by atoms with E-state index in [2.05, 4.69) is 34.1 Å². The van der Waals surface area contributed by atoms with Gasteiger partial charge in [0.1, 0.15) is 38.3 Å². The molecule has 0 bridgehead atoms. The molecule has 0 amide bonds. The van der Waals surface area contributed by atoms with Crippen molar-refractivity contribution in [2.24, 2.45) is 0 Å². The van der Waals surface area contributed by atoms with Gasteiger partial charge in [0.2, 0.25) is 0 Å². The number of fused-ring (bicyclic) bond motifs is 1. The number of rotatable bonds is 3. The zero-order chi connectivity index (χ0) is 18.1. The molecule has 3 heterocycles. The van der Waals surface area contributed by atoms with Crippen LogP contribution in [0.5, 0.6) is 0 Å². The molecule has 1 aromatic carbocycles. The van der Waals surface area contributed by atoms with Crippen LogP contribution in [0.4, 0.5) is 5.82 Å². The van der Waals surface area contributed by atoms with E-state index in [-0.39, 0.29) is 5.63 Å². The fourth-order valence-corrected chi connectivity index (χ4v) is 3.76. The predicted molar refractivity (Wildman–Crippen MR) is 102 cm³/mol. The summed E-state index contributed by atoms with van der Waals surface area (Å²) >= 11 is 0. The third kappa shape index (κ3) is 3.22. The summed E-state index contributed by atoms with van der Waals surface area (Å²) in [4.78, 5) is 19.3. The van der Waals surface area contributed by atoms with E-state index in [1.165, 1.54) is 10.7 Å². The van der Waals surface area contributed by atoms with Gasteiger partial charge in [0, 0.05) is 23.1 Å². The van der Waals surface area contributed by atoms with E-state index >= 15 is 0 Å². The molecule has 3 aromatic rings.